The van der Waals surface area contributed by atoms with Crippen LogP contribution in [0.15, 0.2) is 29.0 Å². The zero-order chi connectivity index (χ0) is 13.8. The Labute approximate surface area is 120 Å². The number of hydrogen-bond acceptors (Lipinski definition) is 4. The van der Waals surface area contributed by atoms with Gasteiger partial charge < -0.3 is 10.5 Å². The van der Waals surface area contributed by atoms with Gasteiger partial charge in [-0.2, -0.15) is 5.10 Å². The molecular weight excluding hydrogens is 308 g/mol. The molecule has 0 spiro atoms. The Kier molecular flexibility index (Phi) is 4.55. The lowest BCUT2D eigenvalue weighted by atomic mass is 10.1. The molecule has 1 heterocycles. The van der Waals surface area contributed by atoms with Gasteiger partial charge in [0.2, 0.25) is 0 Å². The molecule has 1 aromatic carbocycles. The van der Waals surface area contributed by atoms with Crippen LogP contribution in [0.2, 0.25) is 0 Å². The van der Waals surface area contributed by atoms with Crippen molar-refractivity contribution in [3.05, 3.63) is 40.4 Å². The first-order valence-corrected chi connectivity index (χ1v) is 6.95. The van der Waals surface area contributed by atoms with Crippen molar-refractivity contribution in [2.24, 2.45) is 5.73 Å². The maximum absolute atomic E-state index is 5.94. The van der Waals surface area contributed by atoms with Crippen molar-refractivity contribution in [3.63, 3.8) is 0 Å². The van der Waals surface area contributed by atoms with Crippen LogP contribution < -0.4 is 10.5 Å². The molecule has 0 saturated carbocycles. The molecule has 2 aromatic rings. The van der Waals surface area contributed by atoms with E-state index in [1.807, 2.05) is 36.7 Å². The van der Waals surface area contributed by atoms with Crippen LogP contribution in [-0.2, 0) is 13.2 Å². The van der Waals surface area contributed by atoms with Gasteiger partial charge in [-0.1, -0.05) is 22.0 Å². The van der Waals surface area contributed by atoms with Gasteiger partial charge in [0.1, 0.15) is 18.7 Å². The average molecular weight is 325 g/mol. The Bertz CT molecular complexity index is 553. The molecule has 5 nitrogen and oxygen atoms in total. The number of nitrogens with two attached hydrogens (primary N) is 1. The molecule has 0 aliphatic rings. The van der Waals surface area contributed by atoms with Crippen molar-refractivity contribution < 1.29 is 4.74 Å². The first-order valence-electron chi connectivity index (χ1n) is 6.16. The van der Waals surface area contributed by atoms with E-state index in [1.165, 1.54) is 6.33 Å². The van der Waals surface area contributed by atoms with Crippen LogP contribution in [0.3, 0.4) is 0 Å². The van der Waals surface area contributed by atoms with Crippen molar-refractivity contribution >= 4 is 15.9 Å². The van der Waals surface area contributed by atoms with Crippen molar-refractivity contribution in [2.75, 3.05) is 0 Å². The van der Waals surface area contributed by atoms with Gasteiger partial charge >= 0.3 is 0 Å². The minimum Gasteiger partial charge on any atom is -0.485 e. The van der Waals surface area contributed by atoms with Gasteiger partial charge in [0.25, 0.3) is 0 Å². The zero-order valence-electron chi connectivity index (χ0n) is 11.0. The summed E-state index contributed by atoms with van der Waals surface area (Å²) in [5, 5.41) is 4.11. The summed E-state index contributed by atoms with van der Waals surface area (Å²) in [7, 11) is 0. The summed E-state index contributed by atoms with van der Waals surface area (Å²) in [6.07, 6.45) is 1.54. The maximum atomic E-state index is 5.94. The third-order valence-electron chi connectivity index (χ3n) is 2.82. The molecule has 0 amide bonds. The standard InChI is InChI=1S/C13H17BrN4O/c1-3-18-13(16-8-17-18)7-19-12-6-10(14)4-5-11(12)9(2)15/h4-6,8-9H,3,7,15H2,1-2H3/t9-/m1/s1. The highest BCUT2D eigenvalue weighted by molar-refractivity contribution is 9.10. The Morgan fingerprint density at radius 2 is 2.26 bits per heavy atom. The Balaban J connectivity index is 2.17. The first kappa shape index (κ1) is 14.0. The number of aryl methyl sites for hydroxylation is 1. The van der Waals surface area contributed by atoms with Crippen LogP contribution in [0.25, 0.3) is 0 Å². The molecule has 0 aliphatic carbocycles. The lowest BCUT2D eigenvalue weighted by Crippen LogP contribution is -2.11. The highest BCUT2D eigenvalue weighted by Gasteiger charge is 2.10. The van der Waals surface area contributed by atoms with Crippen LogP contribution in [0.4, 0.5) is 0 Å². The molecule has 1 aromatic heterocycles. The summed E-state index contributed by atoms with van der Waals surface area (Å²) in [4.78, 5) is 4.18. The molecule has 102 valence electrons. The molecular formula is C13H17BrN4O. The molecule has 0 fully saturated rings. The van der Waals surface area contributed by atoms with Crippen molar-refractivity contribution in [2.45, 2.75) is 33.0 Å². The number of hydrogen-bond donors (Lipinski definition) is 1. The third-order valence-corrected chi connectivity index (χ3v) is 3.31. The van der Waals surface area contributed by atoms with Gasteiger partial charge in [-0.25, -0.2) is 9.67 Å². The number of halogens is 1. The lowest BCUT2D eigenvalue weighted by molar-refractivity contribution is 0.283. The highest BCUT2D eigenvalue weighted by atomic mass is 79.9. The highest BCUT2D eigenvalue weighted by Crippen LogP contribution is 2.28. The number of aromatic nitrogens is 3. The molecule has 2 N–H and O–H groups in total. The molecule has 1 atom stereocenters. The Morgan fingerprint density at radius 1 is 1.47 bits per heavy atom. The average Bonchev–Trinajstić information content (AvgIpc) is 2.83. The minimum absolute atomic E-state index is 0.0767. The normalized spacial score (nSPS) is 12.4. The van der Waals surface area contributed by atoms with Crippen LogP contribution >= 0.6 is 15.9 Å². The van der Waals surface area contributed by atoms with Gasteiger partial charge in [-0.05, 0) is 26.0 Å². The molecule has 0 unspecified atom stereocenters. The number of rotatable bonds is 5. The van der Waals surface area contributed by atoms with E-state index in [-0.39, 0.29) is 6.04 Å². The molecule has 6 heteroatoms. The molecule has 0 radical (unpaired) electrons. The monoisotopic (exact) mass is 324 g/mol. The van der Waals surface area contributed by atoms with Crippen LogP contribution in [-0.4, -0.2) is 14.8 Å². The summed E-state index contributed by atoms with van der Waals surface area (Å²) >= 11 is 3.44. The van der Waals surface area contributed by atoms with Crippen molar-refractivity contribution in [3.8, 4) is 5.75 Å². The predicted octanol–water partition coefficient (Wildman–Crippen LogP) is 2.66. The predicted molar refractivity (Wildman–Crippen MR) is 76.8 cm³/mol. The second kappa shape index (κ2) is 6.16. The fourth-order valence-electron chi connectivity index (χ4n) is 1.82. The fourth-order valence-corrected chi connectivity index (χ4v) is 2.16. The third kappa shape index (κ3) is 3.33. The topological polar surface area (TPSA) is 66.0 Å². The lowest BCUT2D eigenvalue weighted by Gasteiger charge is -2.14. The van der Waals surface area contributed by atoms with Crippen LogP contribution in [0.5, 0.6) is 5.75 Å². The summed E-state index contributed by atoms with van der Waals surface area (Å²) < 4.78 is 8.60. The Morgan fingerprint density at radius 3 is 2.95 bits per heavy atom. The molecule has 0 saturated heterocycles. The molecule has 0 aliphatic heterocycles. The van der Waals surface area contributed by atoms with E-state index < -0.39 is 0 Å². The van der Waals surface area contributed by atoms with Crippen LogP contribution in [0.1, 0.15) is 31.3 Å². The summed E-state index contributed by atoms with van der Waals surface area (Å²) in [6, 6.07) is 5.77. The second-order valence-corrected chi connectivity index (χ2v) is 5.17. The maximum Gasteiger partial charge on any atom is 0.164 e. The zero-order valence-corrected chi connectivity index (χ0v) is 12.6. The van der Waals surface area contributed by atoms with Gasteiger partial charge in [-0.3, -0.25) is 0 Å². The van der Waals surface area contributed by atoms with E-state index in [2.05, 4.69) is 26.0 Å². The number of benzene rings is 1. The summed E-state index contributed by atoms with van der Waals surface area (Å²) in [5.41, 5.74) is 6.92. The van der Waals surface area contributed by atoms with E-state index in [0.29, 0.717) is 6.61 Å². The van der Waals surface area contributed by atoms with Gasteiger partial charge in [-0.15, -0.1) is 0 Å². The van der Waals surface area contributed by atoms with E-state index in [4.69, 9.17) is 10.5 Å². The fraction of sp³-hybridized carbons (Fsp3) is 0.385. The molecule has 2 rings (SSSR count). The van der Waals surface area contributed by atoms with E-state index >= 15 is 0 Å². The van der Waals surface area contributed by atoms with E-state index in [9.17, 15) is 0 Å². The van der Waals surface area contributed by atoms with Crippen molar-refractivity contribution in [1.82, 2.24) is 14.8 Å². The quantitative estimate of drug-likeness (QED) is 0.918. The SMILES string of the molecule is CCn1ncnc1COc1cc(Br)ccc1[C@@H](C)N. The smallest absolute Gasteiger partial charge is 0.164 e. The number of nitrogens with zero attached hydrogens (tertiary/aromatic N) is 3. The molecule has 19 heavy (non-hydrogen) atoms. The van der Waals surface area contributed by atoms with Gasteiger partial charge in [0.15, 0.2) is 5.82 Å². The largest absolute Gasteiger partial charge is 0.485 e. The van der Waals surface area contributed by atoms with Gasteiger partial charge in [0.05, 0.1) is 0 Å². The molecule has 0 bridgehead atoms. The van der Waals surface area contributed by atoms with E-state index in [1.54, 1.807) is 0 Å². The first-order chi connectivity index (χ1) is 9.11. The Hall–Kier alpha value is -1.40. The minimum atomic E-state index is -0.0767. The van der Waals surface area contributed by atoms with Crippen LogP contribution in [0, 0.1) is 0 Å². The second-order valence-electron chi connectivity index (χ2n) is 4.25. The van der Waals surface area contributed by atoms with E-state index in [0.717, 1.165) is 28.2 Å². The van der Waals surface area contributed by atoms with Crippen molar-refractivity contribution in [1.29, 1.82) is 0 Å². The summed E-state index contributed by atoms with van der Waals surface area (Å²) in [5.74, 6) is 1.58. The van der Waals surface area contributed by atoms with Gasteiger partial charge in [0, 0.05) is 22.6 Å². The number of ether oxygens (including phenoxy) is 1. The summed E-state index contributed by atoms with van der Waals surface area (Å²) in [6.45, 7) is 5.11.